The van der Waals surface area contributed by atoms with Gasteiger partial charge in [0.2, 0.25) is 0 Å². The maximum atomic E-state index is 11.7. The highest BCUT2D eigenvalue weighted by molar-refractivity contribution is 5.69. The molecule has 52 heavy (non-hydrogen) atoms. The molecule has 5 rings (SSSR count). The summed E-state index contributed by atoms with van der Waals surface area (Å²) in [4.78, 5) is 23.5. The number of aliphatic hydroxyl groups excluding tert-OH is 2. The second-order valence-corrected chi connectivity index (χ2v) is 12.1. The average molecular weight is 717 g/mol. The fourth-order valence-electron chi connectivity index (χ4n) is 6.23. The van der Waals surface area contributed by atoms with Crippen molar-refractivity contribution in [1.29, 1.82) is 0 Å². The standard InChI is InChI=1S/C40H44O12/c41-13-15-47-17-19-49-37-27-5-1-6-28(37)22-32-10-4-12-34(40(32)52-26-36(45)46)24-30-8-2-7-29(38(30)50-20-18-48-16-14-42)23-33-11-3-9-31(21-27)39(33)51-25-35(43)44/h1-12,41-42H,13-26H2,(H,43,44)(H,45,46). The van der Waals surface area contributed by atoms with Gasteiger partial charge in [-0.25, -0.2) is 9.59 Å². The zero-order valence-electron chi connectivity index (χ0n) is 28.9. The molecule has 8 bridgehead atoms. The summed E-state index contributed by atoms with van der Waals surface area (Å²) >= 11 is 0. The summed E-state index contributed by atoms with van der Waals surface area (Å²) in [6.07, 6.45) is 1.38. The van der Waals surface area contributed by atoms with E-state index in [1.54, 1.807) is 0 Å². The molecule has 0 atom stereocenters. The number of fused-ring (bicyclic) bond motifs is 8. The molecule has 4 aromatic rings. The van der Waals surface area contributed by atoms with E-state index in [1.165, 1.54) is 0 Å². The third kappa shape index (κ3) is 10.5. The number of benzene rings is 4. The van der Waals surface area contributed by atoms with Gasteiger partial charge in [0.15, 0.2) is 13.2 Å². The Balaban J connectivity index is 1.68. The van der Waals surface area contributed by atoms with E-state index >= 15 is 0 Å². The molecule has 4 aromatic carbocycles. The smallest absolute Gasteiger partial charge is 0.341 e. The van der Waals surface area contributed by atoms with Crippen LogP contribution in [0.4, 0.5) is 0 Å². The van der Waals surface area contributed by atoms with Gasteiger partial charge in [0.05, 0.1) is 39.6 Å². The fraction of sp³-hybridized carbons (Fsp3) is 0.350. The highest BCUT2D eigenvalue weighted by Gasteiger charge is 2.22. The summed E-state index contributed by atoms with van der Waals surface area (Å²) in [6.45, 7) is -0.0227. The number of carboxylic acid groups (broad SMARTS) is 2. The van der Waals surface area contributed by atoms with E-state index in [2.05, 4.69) is 0 Å². The van der Waals surface area contributed by atoms with Crippen LogP contribution in [-0.2, 0) is 44.7 Å². The Morgan fingerprint density at radius 1 is 0.423 bits per heavy atom. The van der Waals surface area contributed by atoms with Gasteiger partial charge in [-0.3, -0.25) is 0 Å². The average Bonchev–Trinajstić information content (AvgIpc) is 3.12. The van der Waals surface area contributed by atoms with Crippen molar-refractivity contribution in [3.05, 3.63) is 117 Å². The van der Waals surface area contributed by atoms with E-state index in [1.807, 2.05) is 72.8 Å². The maximum absolute atomic E-state index is 11.7. The first-order chi connectivity index (χ1) is 25.4. The summed E-state index contributed by atoms with van der Waals surface area (Å²) in [5.41, 5.74) is 6.31. The van der Waals surface area contributed by atoms with E-state index in [4.69, 9.17) is 38.6 Å². The second-order valence-electron chi connectivity index (χ2n) is 12.1. The predicted molar refractivity (Wildman–Crippen MR) is 190 cm³/mol. The van der Waals surface area contributed by atoms with Crippen molar-refractivity contribution < 1.29 is 58.4 Å². The van der Waals surface area contributed by atoms with Crippen LogP contribution in [0.15, 0.2) is 72.8 Å². The molecule has 0 unspecified atom stereocenters. The number of ether oxygens (including phenoxy) is 6. The number of rotatable bonds is 18. The first kappa shape index (κ1) is 38.1. The van der Waals surface area contributed by atoms with Crippen LogP contribution in [0.25, 0.3) is 0 Å². The van der Waals surface area contributed by atoms with Gasteiger partial charge in [-0.05, 0) is 44.5 Å². The number of carboxylic acids is 2. The molecule has 0 saturated heterocycles. The van der Waals surface area contributed by atoms with Crippen molar-refractivity contribution in [3.63, 3.8) is 0 Å². The quantitative estimate of drug-likeness (QED) is 0.0961. The first-order valence-corrected chi connectivity index (χ1v) is 17.1. The summed E-state index contributed by atoms with van der Waals surface area (Å²) < 4.78 is 35.7. The van der Waals surface area contributed by atoms with E-state index < -0.39 is 25.2 Å². The normalized spacial score (nSPS) is 12.2. The van der Waals surface area contributed by atoms with Crippen LogP contribution in [0.1, 0.15) is 44.5 Å². The lowest BCUT2D eigenvalue weighted by Gasteiger charge is -2.22. The lowest BCUT2D eigenvalue weighted by molar-refractivity contribution is -0.140. The largest absolute Gasteiger partial charge is 0.491 e. The van der Waals surface area contributed by atoms with Crippen molar-refractivity contribution in [2.24, 2.45) is 0 Å². The minimum absolute atomic E-state index is 0.108. The van der Waals surface area contributed by atoms with Crippen LogP contribution < -0.4 is 18.9 Å². The van der Waals surface area contributed by atoms with Crippen molar-refractivity contribution in [3.8, 4) is 23.0 Å². The molecular weight excluding hydrogens is 672 g/mol. The van der Waals surface area contributed by atoms with Crippen molar-refractivity contribution in [1.82, 2.24) is 0 Å². The minimum Gasteiger partial charge on any atom is -0.491 e. The number of hydrogen-bond acceptors (Lipinski definition) is 10. The Bertz CT molecular complexity index is 1590. The topological polar surface area (TPSA) is 170 Å². The van der Waals surface area contributed by atoms with Crippen LogP contribution in [0, 0.1) is 0 Å². The third-order valence-corrected chi connectivity index (χ3v) is 8.34. The van der Waals surface area contributed by atoms with E-state index in [0.717, 1.165) is 44.5 Å². The van der Waals surface area contributed by atoms with Gasteiger partial charge in [0.25, 0.3) is 0 Å². The Labute approximate surface area is 302 Å². The van der Waals surface area contributed by atoms with Crippen molar-refractivity contribution >= 4 is 11.9 Å². The molecule has 4 N–H and O–H groups in total. The first-order valence-electron chi connectivity index (χ1n) is 17.1. The van der Waals surface area contributed by atoms with Crippen LogP contribution >= 0.6 is 0 Å². The van der Waals surface area contributed by atoms with E-state index in [9.17, 15) is 19.8 Å². The number of hydrogen-bond donors (Lipinski definition) is 4. The van der Waals surface area contributed by atoms with Gasteiger partial charge in [-0.15, -0.1) is 0 Å². The minimum atomic E-state index is -1.10. The van der Waals surface area contributed by atoms with Crippen LogP contribution in [-0.4, -0.2) is 98.4 Å². The SMILES string of the molecule is O=C(O)COc1c2cccc1Cc1cccc(c1OCCOCCO)Cc1cccc(c1OCC(=O)O)Cc1cccc(c1OCCOCCO)C2. The third-order valence-electron chi connectivity index (χ3n) is 8.34. The number of carbonyl (C=O) groups is 2. The van der Waals surface area contributed by atoms with Crippen LogP contribution in [0.5, 0.6) is 23.0 Å². The monoisotopic (exact) mass is 716 g/mol. The van der Waals surface area contributed by atoms with Gasteiger partial charge in [0.1, 0.15) is 36.2 Å². The molecule has 0 spiro atoms. The molecule has 0 aliphatic heterocycles. The molecule has 12 nitrogen and oxygen atoms in total. The van der Waals surface area contributed by atoms with Crippen LogP contribution in [0.3, 0.4) is 0 Å². The van der Waals surface area contributed by atoms with Crippen LogP contribution in [0.2, 0.25) is 0 Å². The predicted octanol–water partition coefficient (Wildman–Crippen LogP) is 4.07. The van der Waals surface area contributed by atoms with Gasteiger partial charge in [-0.2, -0.15) is 0 Å². The van der Waals surface area contributed by atoms with Gasteiger partial charge in [0, 0.05) is 25.7 Å². The molecule has 0 radical (unpaired) electrons. The number of aliphatic hydroxyl groups is 2. The molecule has 0 aromatic heterocycles. The van der Waals surface area contributed by atoms with Gasteiger partial charge >= 0.3 is 11.9 Å². The zero-order chi connectivity index (χ0) is 36.7. The highest BCUT2D eigenvalue weighted by atomic mass is 16.5. The molecular formula is C40H44O12. The lowest BCUT2D eigenvalue weighted by atomic mass is 9.91. The summed E-state index contributed by atoms with van der Waals surface area (Å²) in [5.74, 6) is -0.0828. The van der Waals surface area contributed by atoms with Gasteiger partial charge in [-0.1, -0.05) is 72.8 Å². The summed E-state index contributed by atoms with van der Waals surface area (Å²) in [7, 11) is 0. The highest BCUT2D eigenvalue weighted by Crippen LogP contribution is 2.38. The Morgan fingerprint density at radius 2 is 0.692 bits per heavy atom. The Hall–Kier alpha value is -5.14. The number of para-hydroxylation sites is 4. The van der Waals surface area contributed by atoms with E-state index in [0.29, 0.717) is 48.7 Å². The number of aliphatic carboxylic acids is 2. The summed E-state index contributed by atoms with van der Waals surface area (Å²) in [5, 5.41) is 37.5. The molecule has 276 valence electrons. The van der Waals surface area contributed by atoms with Crippen molar-refractivity contribution in [2.45, 2.75) is 25.7 Å². The molecule has 1 aliphatic rings. The Morgan fingerprint density at radius 3 is 0.942 bits per heavy atom. The second kappa shape index (κ2) is 19.5. The molecule has 0 fully saturated rings. The van der Waals surface area contributed by atoms with E-state index in [-0.39, 0.29) is 52.9 Å². The zero-order valence-corrected chi connectivity index (χ0v) is 28.9. The molecule has 12 heteroatoms. The summed E-state index contributed by atoms with van der Waals surface area (Å²) in [6, 6.07) is 23.0. The molecule has 0 heterocycles. The fourth-order valence-corrected chi connectivity index (χ4v) is 6.23. The molecule has 0 amide bonds. The molecule has 0 saturated carbocycles. The van der Waals surface area contributed by atoms with Crippen molar-refractivity contribution in [2.75, 3.05) is 66.1 Å². The Kier molecular flexibility index (Phi) is 14.3. The lowest BCUT2D eigenvalue weighted by Crippen LogP contribution is -2.15. The molecule has 1 aliphatic carbocycles. The van der Waals surface area contributed by atoms with Gasteiger partial charge < -0.3 is 48.8 Å². The maximum Gasteiger partial charge on any atom is 0.341 e.